The van der Waals surface area contributed by atoms with Gasteiger partial charge in [-0.05, 0) is 35.4 Å². The van der Waals surface area contributed by atoms with Gasteiger partial charge in [0.25, 0.3) is 0 Å². The Balaban J connectivity index is 1.80. The molecule has 0 bridgehead atoms. The van der Waals surface area contributed by atoms with Crippen LogP contribution in [0.5, 0.6) is 5.75 Å². The van der Waals surface area contributed by atoms with Gasteiger partial charge in [-0.2, -0.15) is 0 Å². The first-order valence-corrected chi connectivity index (χ1v) is 9.17. The number of benzene rings is 2. The summed E-state index contributed by atoms with van der Waals surface area (Å²) in [5.41, 5.74) is 1.56. The molecule has 27 heavy (non-hydrogen) atoms. The van der Waals surface area contributed by atoms with Crippen LogP contribution in [-0.2, 0) is 4.74 Å². The molecule has 9 heteroatoms. The van der Waals surface area contributed by atoms with Crippen molar-refractivity contribution in [3.05, 3.63) is 51.5 Å². The summed E-state index contributed by atoms with van der Waals surface area (Å²) in [4.78, 5) is 0. The van der Waals surface area contributed by atoms with E-state index in [1.54, 1.807) is 36.4 Å². The molecular formula is C18H17Cl3O6. The molecule has 2 aromatic rings. The zero-order chi connectivity index (χ0) is 19.7. The Morgan fingerprint density at radius 2 is 1.44 bits per heavy atom. The van der Waals surface area contributed by atoms with Crippen molar-refractivity contribution in [2.75, 3.05) is 6.61 Å². The third-order valence-electron chi connectivity index (χ3n) is 4.28. The van der Waals surface area contributed by atoms with E-state index in [0.29, 0.717) is 10.0 Å². The molecule has 0 amide bonds. The molecule has 1 aliphatic rings. The number of ether oxygens (including phenoxy) is 2. The van der Waals surface area contributed by atoms with Crippen LogP contribution in [0.4, 0.5) is 0 Å². The highest BCUT2D eigenvalue weighted by atomic mass is 35.5. The minimum Gasteiger partial charge on any atom is -0.460 e. The minimum absolute atomic E-state index is 0.199. The number of aliphatic hydroxyl groups excluding tert-OH is 4. The van der Waals surface area contributed by atoms with Gasteiger partial charge >= 0.3 is 0 Å². The maximum absolute atomic E-state index is 10.1. The van der Waals surface area contributed by atoms with Crippen LogP contribution >= 0.6 is 34.8 Å². The lowest BCUT2D eigenvalue weighted by molar-refractivity contribution is -0.277. The smallest absolute Gasteiger partial charge is 0.229 e. The number of hydrogen-bond acceptors (Lipinski definition) is 6. The van der Waals surface area contributed by atoms with Crippen molar-refractivity contribution in [2.45, 2.75) is 30.7 Å². The lowest BCUT2D eigenvalue weighted by Gasteiger charge is -2.39. The van der Waals surface area contributed by atoms with Crippen LogP contribution in [0.15, 0.2) is 36.4 Å². The van der Waals surface area contributed by atoms with Gasteiger partial charge < -0.3 is 29.9 Å². The lowest BCUT2D eigenvalue weighted by atomic mass is 9.99. The van der Waals surface area contributed by atoms with Gasteiger partial charge in [0.15, 0.2) is 0 Å². The molecule has 0 radical (unpaired) electrons. The largest absolute Gasteiger partial charge is 0.460 e. The van der Waals surface area contributed by atoms with E-state index < -0.39 is 37.3 Å². The average molecular weight is 436 g/mol. The van der Waals surface area contributed by atoms with E-state index in [9.17, 15) is 20.4 Å². The molecule has 6 nitrogen and oxygen atoms in total. The molecule has 0 saturated carbocycles. The summed E-state index contributed by atoms with van der Waals surface area (Å²) >= 11 is 18.2. The predicted molar refractivity (Wildman–Crippen MR) is 101 cm³/mol. The first-order chi connectivity index (χ1) is 12.8. The quantitative estimate of drug-likeness (QED) is 0.589. The summed E-state index contributed by atoms with van der Waals surface area (Å²) in [6.45, 7) is -0.547. The van der Waals surface area contributed by atoms with E-state index in [1.807, 2.05) is 0 Å². The van der Waals surface area contributed by atoms with Crippen LogP contribution in [0, 0.1) is 0 Å². The van der Waals surface area contributed by atoms with E-state index in [1.165, 1.54) is 0 Å². The highest BCUT2D eigenvalue weighted by Gasteiger charge is 2.44. The van der Waals surface area contributed by atoms with Gasteiger partial charge in [-0.25, -0.2) is 0 Å². The molecule has 1 saturated heterocycles. The van der Waals surface area contributed by atoms with Crippen LogP contribution < -0.4 is 4.74 Å². The zero-order valence-electron chi connectivity index (χ0n) is 13.8. The van der Waals surface area contributed by atoms with Crippen molar-refractivity contribution >= 4 is 34.8 Å². The normalized spacial score (nSPS) is 28.2. The summed E-state index contributed by atoms with van der Waals surface area (Å²) in [6.07, 6.45) is -6.89. The monoisotopic (exact) mass is 434 g/mol. The standard InChI is InChI=1S/C18H17Cl3O6/c19-10-3-1-8(5-11(10)20)9-2-4-13(12(21)6-9)26-18-17(25)16(24)15(23)14(7-22)27-18/h1-6,14-18,22-25H,7H2/t14-,15-,16+,17+,18+/m1/s1. The van der Waals surface area contributed by atoms with E-state index in [4.69, 9.17) is 44.3 Å². The Morgan fingerprint density at radius 1 is 0.815 bits per heavy atom. The highest BCUT2D eigenvalue weighted by Crippen LogP contribution is 2.35. The van der Waals surface area contributed by atoms with Crippen molar-refractivity contribution in [3.8, 4) is 16.9 Å². The Bertz CT molecular complexity index is 816. The zero-order valence-corrected chi connectivity index (χ0v) is 16.1. The van der Waals surface area contributed by atoms with E-state index in [-0.39, 0.29) is 10.8 Å². The third-order valence-corrected chi connectivity index (χ3v) is 5.31. The van der Waals surface area contributed by atoms with Gasteiger partial charge in [-0.1, -0.05) is 46.9 Å². The van der Waals surface area contributed by atoms with E-state index in [0.717, 1.165) is 11.1 Å². The number of rotatable bonds is 4. The van der Waals surface area contributed by atoms with Gasteiger partial charge in [0.05, 0.1) is 21.7 Å². The summed E-state index contributed by atoms with van der Waals surface area (Å²) in [6, 6.07) is 10.1. The van der Waals surface area contributed by atoms with Crippen LogP contribution in [0.25, 0.3) is 11.1 Å². The molecule has 0 unspecified atom stereocenters. The second-order valence-corrected chi connectivity index (χ2v) is 7.31. The Labute approximate surface area is 170 Å². The molecule has 3 rings (SSSR count). The van der Waals surface area contributed by atoms with Crippen LogP contribution in [-0.4, -0.2) is 57.7 Å². The molecule has 4 N–H and O–H groups in total. The Morgan fingerprint density at radius 3 is 2.04 bits per heavy atom. The summed E-state index contributed by atoms with van der Waals surface area (Å²) in [5.74, 6) is 0.199. The van der Waals surface area contributed by atoms with Crippen molar-refractivity contribution in [1.82, 2.24) is 0 Å². The Hall–Kier alpha value is -1.09. The van der Waals surface area contributed by atoms with Crippen molar-refractivity contribution in [2.24, 2.45) is 0 Å². The molecule has 0 spiro atoms. The highest BCUT2D eigenvalue weighted by molar-refractivity contribution is 6.42. The summed E-state index contributed by atoms with van der Waals surface area (Å²) in [7, 11) is 0. The SMILES string of the molecule is OC[C@H]1O[C@H](Oc2ccc(-c3ccc(Cl)c(Cl)c3)cc2Cl)[C@@H](O)[C@@H](O)[C@@H]1O. The fraction of sp³-hybridized carbons (Fsp3) is 0.333. The fourth-order valence-electron chi connectivity index (χ4n) is 2.74. The van der Waals surface area contributed by atoms with Crippen molar-refractivity contribution in [3.63, 3.8) is 0 Å². The molecule has 1 aliphatic heterocycles. The maximum atomic E-state index is 10.1. The topological polar surface area (TPSA) is 99.4 Å². The van der Waals surface area contributed by atoms with Gasteiger partial charge in [0.2, 0.25) is 6.29 Å². The number of hydrogen-bond donors (Lipinski definition) is 4. The second-order valence-electron chi connectivity index (χ2n) is 6.09. The van der Waals surface area contributed by atoms with Crippen LogP contribution in [0.3, 0.4) is 0 Å². The summed E-state index contributed by atoms with van der Waals surface area (Å²) < 4.78 is 10.9. The molecule has 2 aromatic carbocycles. The predicted octanol–water partition coefficient (Wildman–Crippen LogP) is 2.49. The first-order valence-electron chi connectivity index (χ1n) is 8.04. The van der Waals surface area contributed by atoms with Gasteiger partial charge in [0.1, 0.15) is 30.2 Å². The average Bonchev–Trinajstić information content (AvgIpc) is 2.65. The lowest BCUT2D eigenvalue weighted by Crippen LogP contribution is -2.60. The second kappa shape index (κ2) is 8.51. The van der Waals surface area contributed by atoms with Gasteiger partial charge in [-0.3, -0.25) is 0 Å². The summed E-state index contributed by atoms with van der Waals surface area (Å²) in [5, 5.41) is 40.0. The third kappa shape index (κ3) is 4.34. The minimum atomic E-state index is -1.53. The molecular weight excluding hydrogens is 419 g/mol. The molecule has 0 aliphatic carbocycles. The molecule has 146 valence electrons. The number of aliphatic hydroxyl groups is 4. The molecule has 0 aromatic heterocycles. The van der Waals surface area contributed by atoms with Gasteiger partial charge in [-0.15, -0.1) is 0 Å². The van der Waals surface area contributed by atoms with Crippen LogP contribution in [0.2, 0.25) is 15.1 Å². The fourth-order valence-corrected chi connectivity index (χ4v) is 3.26. The molecule has 1 heterocycles. The van der Waals surface area contributed by atoms with Gasteiger partial charge in [0, 0.05) is 0 Å². The molecule has 1 fully saturated rings. The Kier molecular flexibility index (Phi) is 6.50. The molecule has 5 atom stereocenters. The first kappa shape index (κ1) is 20.6. The van der Waals surface area contributed by atoms with E-state index >= 15 is 0 Å². The van der Waals surface area contributed by atoms with Crippen LogP contribution in [0.1, 0.15) is 0 Å². The van der Waals surface area contributed by atoms with Crippen molar-refractivity contribution < 1.29 is 29.9 Å². The number of halogens is 3. The van der Waals surface area contributed by atoms with E-state index in [2.05, 4.69) is 0 Å². The maximum Gasteiger partial charge on any atom is 0.229 e. The van der Waals surface area contributed by atoms with Crippen molar-refractivity contribution in [1.29, 1.82) is 0 Å².